The van der Waals surface area contributed by atoms with Gasteiger partial charge in [-0.2, -0.15) is 0 Å². The molecule has 0 aliphatic carbocycles. The van der Waals surface area contributed by atoms with E-state index >= 15 is 0 Å². The predicted octanol–water partition coefficient (Wildman–Crippen LogP) is -0.290. The molecule has 3 N–H and O–H groups in total. The summed E-state index contributed by atoms with van der Waals surface area (Å²) in [6.07, 6.45) is 1.87. The summed E-state index contributed by atoms with van der Waals surface area (Å²) in [4.78, 5) is 24.7. The minimum Gasteiger partial charge on any atom is -0.368 e. The first kappa shape index (κ1) is 13.0. The number of hydrogen-bond donors (Lipinski definition) is 2. The van der Waals surface area contributed by atoms with Gasteiger partial charge in [-0.1, -0.05) is 0 Å². The minimum atomic E-state index is -0.456. The van der Waals surface area contributed by atoms with Gasteiger partial charge in [-0.15, -0.1) is 0 Å². The van der Waals surface area contributed by atoms with Gasteiger partial charge >= 0.3 is 0 Å². The topological polar surface area (TPSA) is 75.4 Å². The fourth-order valence-electron chi connectivity index (χ4n) is 2.14. The third-order valence-corrected chi connectivity index (χ3v) is 3.13. The van der Waals surface area contributed by atoms with Crippen molar-refractivity contribution in [3.63, 3.8) is 0 Å². The lowest BCUT2D eigenvalue weighted by Crippen LogP contribution is -2.51. The monoisotopic (exact) mass is 227 g/mol. The fraction of sp³-hybridized carbons (Fsp3) is 0.818. The number of likely N-dealkylation sites (N-methyl/N-ethyl adjacent to an activating group) is 1. The average molecular weight is 227 g/mol. The molecule has 92 valence electrons. The number of hydrogen-bond acceptors (Lipinski definition) is 3. The number of nitrogens with two attached hydrogens (primary N) is 1. The average Bonchev–Trinajstić information content (AvgIpc) is 2.25. The fourth-order valence-corrected chi connectivity index (χ4v) is 2.14. The van der Waals surface area contributed by atoms with Gasteiger partial charge in [0.25, 0.3) is 0 Å². The van der Waals surface area contributed by atoms with Gasteiger partial charge in [0.05, 0.1) is 12.0 Å². The van der Waals surface area contributed by atoms with Gasteiger partial charge in [-0.25, -0.2) is 0 Å². The molecule has 0 radical (unpaired) electrons. The first-order chi connectivity index (χ1) is 7.49. The molecule has 1 fully saturated rings. The van der Waals surface area contributed by atoms with Crippen LogP contribution in [0.15, 0.2) is 0 Å². The van der Waals surface area contributed by atoms with Gasteiger partial charge in [0.15, 0.2) is 0 Å². The van der Waals surface area contributed by atoms with E-state index in [1.165, 1.54) is 4.90 Å². The zero-order chi connectivity index (χ0) is 12.2. The van der Waals surface area contributed by atoms with Crippen molar-refractivity contribution in [3.8, 4) is 0 Å². The molecule has 0 bridgehead atoms. The van der Waals surface area contributed by atoms with Crippen molar-refractivity contribution in [1.29, 1.82) is 0 Å². The number of piperidine rings is 1. The van der Waals surface area contributed by atoms with E-state index in [0.717, 1.165) is 19.4 Å². The Balaban J connectivity index is 2.68. The molecule has 0 aromatic heterocycles. The lowest BCUT2D eigenvalue weighted by atomic mass is 9.81. The van der Waals surface area contributed by atoms with Crippen LogP contribution >= 0.6 is 0 Å². The highest BCUT2D eigenvalue weighted by atomic mass is 16.2. The van der Waals surface area contributed by atoms with Gasteiger partial charge < -0.3 is 16.0 Å². The van der Waals surface area contributed by atoms with Gasteiger partial charge in [0.2, 0.25) is 11.8 Å². The standard InChI is InChI=1S/C11H21N3O2/c1-3-14(7-9(12)15)10(16)11(2)5-4-6-13-8-11/h13H,3-8H2,1-2H3,(H2,12,15). The molecule has 5 nitrogen and oxygen atoms in total. The second-order valence-electron chi connectivity index (χ2n) is 4.63. The quantitative estimate of drug-likeness (QED) is 0.693. The van der Waals surface area contributed by atoms with E-state index in [-0.39, 0.29) is 17.9 Å². The van der Waals surface area contributed by atoms with E-state index in [1.807, 2.05) is 13.8 Å². The minimum absolute atomic E-state index is 0.0188. The Kier molecular flexibility index (Phi) is 4.29. The number of nitrogens with one attached hydrogen (secondary N) is 1. The van der Waals surface area contributed by atoms with Crippen LogP contribution in [0.5, 0.6) is 0 Å². The molecule has 0 aromatic carbocycles. The van der Waals surface area contributed by atoms with E-state index in [9.17, 15) is 9.59 Å². The Morgan fingerprint density at radius 3 is 2.62 bits per heavy atom. The maximum Gasteiger partial charge on any atom is 0.237 e. The van der Waals surface area contributed by atoms with Crippen LogP contribution in [0.25, 0.3) is 0 Å². The Hall–Kier alpha value is -1.10. The third kappa shape index (κ3) is 2.95. The Labute approximate surface area is 96.4 Å². The smallest absolute Gasteiger partial charge is 0.237 e. The molecule has 1 saturated heterocycles. The zero-order valence-electron chi connectivity index (χ0n) is 10.1. The van der Waals surface area contributed by atoms with E-state index in [1.54, 1.807) is 0 Å². The largest absolute Gasteiger partial charge is 0.368 e. The second kappa shape index (κ2) is 5.30. The van der Waals surface area contributed by atoms with Crippen LogP contribution in [0, 0.1) is 5.41 Å². The van der Waals surface area contributed by atoms with E-state index in [4.69, 9.17) is 5.73 Å². The summed E-state index contributed by atoms with van der Waals surface area (Å²) in [6.45, 7) is 6.00. The molecule has 1 aliphatic heterocycles. The summed E-state index contributed by atoms with van der Waals surface area (Å²) < 4.78 is 0. The maximum atomic E-state index is 12.3. The molecule has 1 aliphatic rings. The lowest BCUT2D eigenvalue weighted by molar-refractivity contribution is -0.144. The van der Waals surface area contributed by atoms with Crippen LogP contribution in [0.4, 0.5) is 0 Å². The van der Waals surface area contributed by atoms with Crippen LogP contribution in [-0.4, -0.2) is 42.9 Å². The van der Waals surface area contributed by atoms with Crippen molar-refractivity contribution in [2.45, 2.75) is 26.7 Å². The van der Waals surface area contributed by atoms with Crippen LogP contribution in [0.1, 0.15) is 26.7 Å². The predicted molar refractivity (Wildman–Crippen MR) is 61.7 cm³/mol. The highest BCUT2D eigenvalue weighted by molar-refractivity contribution is 5.87. The maximum absolute atomic E-state index is 12.3. The first-order valence-corrected chi connectivity index (χ1v) is 5.78. The van der Waals surface area contributed by atoms with Crippen molar-refractivity contribution in [1.82, 2.24) is 10.2 Å². The highest BCUT2D eigenvalue weighted by Gasteiger charge is 2.37. The van der Waals surface area contributed by atoms with Crippen molar-refractivity contribution < 1.29 is 9.59 Å². The molecule has 5 heteroatoms. The summed E-state index contributed by atoms with van der Waals surface area (Å²) in [5, 5.41) is 3.22. The summed E-state index contributed by atoms with van der Waals surface area (Å²) in [7, 11) is 0. The number of rotatable bonds is 4. The highest BCUT2D eigenvalue weighted by Crippen LogP contribution is 2.27. The zero-order valence-corrected chi connectivity index (χ0v) is 10.1. The third-order valence-electron chi connectivity index (χ3n) is 3.13. The number of carbonyl (C=O) groups excluding carboxylic acids is 2. The van der Waals surface area contributed by atoms with Crippen molar-refractivity contribution in [3.05, 3.63) is 0 Å². The number of amides is 2. The second-order valence-corrected chi connectivity index (χ2v) is 4.63. The molecule has 0 saturated carbocycles. The molecular formula is C11H21N3O2. The normalized spacial score (nSPS) is 25.1. The molecular weight excluding hydrogens is 206 g/mol. The molecule has 1 heterocycles. The first-order valence-electron chi connectivity index (χ1n) is 5.78. The SMILES string of the molecule is CCN(CC(N)=O)C(=O)C1(C)CCCNC1. The Morgan fingerprint density at radius 2 is 2.19 bits per heavy atom. The molecule has 2 amide bonds. The van der Waals surface area contributed by atoms with Crippen LogP contribution in [0.2, 0.25) is 0 Å². The van der Waals surface area contributed by atoms with E-state index in [0.29, 0.717) is 13.1 Å². The summed E-state index contributed by atoms with van der Waals surface area (Å²) in [6, 6.07) is 0. The number of nitrogens with zero attached hydrogens (tertiary/aromatic N) is 1. The summed E-state index contributed by atoms with van der Waals surface area (Å²) >= 11 is 0. The lowest BCUT2D eigenvalue weighted by Gasteiger charge is -2.36. The summed E-state index contributed by atoms with van der Waals surface area (Å²) in [5.41, 5.74) is 4.75. The van der Waals surface area contributed by atoms with Gasteiger partial charge in [0, 0.05) is 13.1 Å². The number of carbonyl (C=O) groups is 2. The van der Waals surface area contributed by atoms with Gasteiger partial charge in [-0.3, -0.25) is 9.59 Å². The Bertz CT molecular complexity index is 272. The number of primary amides is 1. The molecule has 0 spiro atoms. The van der Waals surface area contributed by atoms with Crippen molar-refractivity contribution in [2.24, 2.45) is 11.1 Å². The van der Waals surface area contributed by atoms with Crippen LogP contribution in [-0.2, 0) is 9.59 Å². The van der Waals surface area contributed by atoms with E-state index < -0.39 is 5.91 Å². The van der Waals surface area contributed by atoms with Gasteiger partial charge in [-0.05, 0) is 33.2 Å². The summed E-state index contributed by atoms with van der Waals surface area (Å²) in [5.74, 6) is -0.427. The van der Waals surface area contributed by atoms with Crippen molar-refractivity contribution >= 4 is 11.8 Å². The molecule has 1 unspecified atom stereocenters. The molecule has 1 atom stereocenters. The molecule has 0 aromatic rings. The van der Waals surface area contributed by atoms with Crippen molar-refractivity contribution in [2.75, 3.05) is 26.2 Å². The Morgan fingerprint density at radius 1 is 1.50 bits per heavy atom. The molecule has 16 heavy (non-hydrogen) atoms. The van der Waals surface area contributed by atoms with Crippen LogP contribution in [0.3, 0.4) is 0 Å². The molecule has 1 rings (SSSR count). The van der Waals surface area contributed by atoms with Gasteiger partial charge in [0.1, 0.15) is 0 Å². The van der Waals surface area contributed by atoms with Crippen LogP contribution < -0.4 is 11.1 Å². The van der Waals surface area contributed by atoms with E-state index in [2.05, 4.69) is 5.32 Å².